The van der Waals surface area contributed by atoms with Crippen molar-refractivity contribution in [3.05, 3.63) is 83.3 Å². The minimum absolute atomic E-state index is 0.0172. The first kappa shape index (κ1) is 33.0. The third kappa shape index (κ3) is 5.30. The maximum absolute atomic E-state index is 16.2. The molecule has 6 aromatic rings. The van der Waals surface area contributed by atoms with Gasteiger partial charge in [0, 0.05) is 65.7 Å². The van der Waals surface area contributed by atoms with E-state index in [1.807, 2.05) is 46.0 Å². The van der Waals surface area contributed by atoms with Gasteiger partial charge in [0.25, 0.3) is 5.91 Å². The van der Waals surface area contributed by atoms with Crippen LogP contribution in [0.4, 0.5) is 13.2 Å². The SMILES string of the molecule is C=CC(=O)N1C[C@H](C)n2nc(-c3nc(-c4ccc5c(C)n(C)nc5c4)c4scc(F)c4c3-c3c(F)cc(F)cc3OCC(=O)NC)cc2[C@H]1C. The molecule has 1 N–H and O–H groups in total. The Kier molecular flexibility index (Phi) is 8.21. The molecule has 0 bridgehead atoms. The Morgan fingerprint density at radius 1 is 1.08 bits per heavy atom. The van der Waals surface area contributed by atoms with Crippen molar-refractivity contribution in [2.24, 2.45) is 7.05 Å². The maximum atomic E-state index is 16.2. The number of benzene rings is 2. The van der Waals surface area contributed by atoms with Gasteiger partial charge in [0.2, 0.25) is 5.91 Å². The van der Waals surface area contributed by atoms with Crippen LogP contribution in [0.1, 0.15) is 37.3 Å². The van der Waals surface area contributed by atoms with E-state index in [9.17, 15) is 14.0 Å². The summed E-state index contributed by atoms with van der Waals surface area (Å²) in [5.41, 5.74) is 3.47. The Bertz CT molecular complexity index is 2380. The van der Waals surface area contributed by atoms with Gasteiger partial charge >= 0.3 is 0 Å². The molecule has 1 aliphatic heterocycles. The van der Waals surface area contributed by atoms with Crippen molar-refractivity contribution < 1.29 is 27.5 Å². The number of aryl methyl sites for hydroxylation is 2. The summed E-state index contributed by atoms with van der Waals surface area (Å²) >= 11 is 1.09. The first-order chi connectivity index (χ1) is 23.9. The van der Waals surface area contributed by atoms with Crippen LogP contribution in [0.2, 0.25) is 0 Å². The number of nitrogens with one attached hydrogen (secondary N) is 1. The number of likely N-dealkylation sites (N-methyl/N-ethyl adjacent to an activating group) is 1. The molecule has 4 aromatic heterocycles. The van der Waals surface area contributed by atoms with E-state index in [0.29, 0.717) is 39.8 Å². The van der Waals surface area contributed by atoms with Crippen LogP contribution in [0.25, 0.3) is 54.8 Å². The van der Waals surface area contributed by atoms with Crippen LogP contribution in [0.15, 0.2) is 54.4 Å². The van der Waals surface area contributed by atoms with Crippen LogP contribution >= 0.6 is 11.3 Å². The normalized spacial score (nSPS) is 15.8. The van der Waals surface area contributed by atoms with Gasteiger partial charge in [0.05, 0.1) is 39.3 Å². The average Bonchev–Trinajstić information content (AvgIpc) is 3.80. The standard InChI is InChI=1S/C36H32F3N7O3S/c1-7-30(48)45-14-17(2)46-27(19(45)4)13-26(43-46)35-33(31-23(38)11-21(37)12-28(31)49-15-29(47)40-5)32-24(39)16-50-36(32)34(41-35)20-8-9-22-18(3)44(6)42-25(22)10-20/h7-13,16-17,19H,1,14-15H2,2-6H3,(H,40,47)/t17-,19+/m0/s1. The lowest BCUT2D eigenvalue weighted by atomic mass is 9.94. The number of aromatic nitrogens is 5. The highest BCUT2D eigenvalue weighted by Crippen LogP contribution is 2.48. The van der Waals surface area contributed by atoms with E-state index in [4.69, 9.17) is 14.8 Å². The molecular formula is C36H32F3N7O3S. The molecule has 14 heteroatoms. The Balaban J connectivity index is 1.55. The van der Waals surface area contributed by atoms with Gasteiger partial charge in [-0.25, -0.2) is 18.2 Å². The van der Waals surface area contributed by atoms with E-state index in [0.717, 1.165) is 28.5 Å². The number of halogens is 3. The molecule has 10 nitrogen and oxygen atoms in total. The zero-order chi connectivity index (χ0) is 35.6. The Morgan fingerprint density at radius 2 is 1.86 bits per heavy atom. The van der Waals surface area contributed by atoms with Gasteiger partial charge in [-0.05, 0) is 39.0 Å². The topological polar surface area (TPSA) is 107 Å². The van der Waals surface area contributed by atoms with Gasteiger partial charge in [-0.2, -0.15) is 10.2 Å². The molecule has 50 heavy (non-hydrogen) atoms. The second kappa shape index (κ2) is 12.4. The number of nitrogens with zero attached hydrogens (tertiary/aromatic N) is 6. The second-order valence-corrected chi connectivity index (χ2v) is 13.1. The van der Waals surface area contributed by atoms with Crippen molar-refractivity contribution in [3.8, 4) is 39.5 Å². The van der Waals surface area contributed by atoms with Crippen LogP contribution in [-0.2, 0) is 16.6 Å². The maximum Gasteiger partial charge on any atom is 0.257 e. The fourth-order valence-electron chi connectivity index (χ4n) is 6.57. The molecule has 0 fully saturated rings. The largest absolute Gasteiger partial charge is 0.483 e. The molecule has 2 atom stereocenters. The van der Waals surface area contributed by atoms with Crippen LogP contribution in [0, 0.1) is 24.4 Å². The number of pyridine rings is 1. The molecule has 0 saturated heterocycles. The highest BCUT2D eigenvalue weighted by Gasteiger charge is 2.34. The highest BCUT2D eigenvalue weighted by molar-refractivity contribution is 7.17. The van der Waals surface area contributed by atoms with Crippen LogP contribution in [0.3, 0.4) is 0 Å². The number of hydrogen-bond acceptors (Lipinski definition) is 7. The summed E-state index contributed by atoms with van der Waals surface area (Å²) in [6, 6.07) is 8.36. The quantitative estimate of drug-likeness (QED) is 0.182. The Hall–Kier alpha value is -5.50. The number of thiophene rings is 1. The summed E-state index contributed by atoms with van der Waals surface area (Å²) in [6.07, 6.45) is 1.26. The van der Waals surface area contributed by atoms with Crippen molar-refractivity contribution in [2.75, 3.05) is 20.2 Å². The van der Waals surface area contributed by atoms with Crippen LogP contribution in [-0.4, -0.2) is 61.5 Å². The summed E-state index contributed by atoms with van der Waals surface area (Å²) in [5, 5.41) is 14.2. The Labute approximate surface area is 288 Å². The summed E-state index contributed by atoms with van der Waals surface area (Å²) in [4.78, 5) is 31.7. The molecule has 2 aromatic carbocycles. The minimum Gasteiger partial charge on any atom is -0.483 e. The van der Waals surface area contributed by atoms with Crippen LogP contribution < -0.4 is 10.1 Å². The number of rotatable bonds is 7. The van der Waals surface area contributed by atoms with E-state index in [2.05, 4.69) is 17.0 Å². The average molecular weight is 700 g/mol. The molecule has 0 radical (unpaired) electrons. The van der Waals surface area contributed by atoms with Crippen molar-refractivity contribution in [2.45, 2.75) is 32.9 Å². The molecule has 0 unspecified atom stereocenters. The van der Waals surface area contributed by atoms with Crippen molar-refractivity contribution >= 4 is 44.1 Å². The van der Waals surface area contributed by atoms with Crippen molar-refractivity contribution in [3.63, 3.8) is 0 Å². The molecule has 7 rings (SSSR count). The summed E-state index contributed by atoms with van der Waals surface area (Å²) < 4.78 is 56.8. The van der Waals surface area contributed by atoms with E-state index in [-0.39, 0.29) is 45.6 Å². The first-order valence-electron chi connectivity index (χ1n) is 15.8. The van der Waals surface area contributed by atoms with E-state index in [1.165, 1.54) is 18.5 Å². The van der Waals surface area contributed by atoms with E-state index in [1.54, 1.807) is 20.3 Å². The van der Waals surface area contributed by atoms with Crippen molar-refractivity contribution in [1.29, 1.82) is 0 Å². The van der Waals surface area contributed by atoms with Gasteiger partial charge < -0.3 is 15.0 Å². The molecule has 0 saturated carbocycles. The predicted molar refractivity (Wildman–Crippen MR) is 185 cm³/mol. The number of fused-ring (bicyclic) bond motifs is 3. The fraction of sp³-hybridized carbons (Fsp3) is 0.250. The molecule has 5 heterocycles. The molecular weight excluding hydrogens is 668 g/mol. The van der Waals surface area contributed by atoms with Gasteiger partial charge in [-0.15, -0.1) is 11.3 Å². The van der Waals surface area contributed by atoms with Gasteiger partial charge in [0.1, 0.15) is 34.6 Å². The molecule has 256 valence electrons. The number of hydrogen-bond donors (Lipinski definition) is 1. The minimum atomic E-state index is -1.04. The number of carbonyl (C=O) groups excluding carboxylic acids is 2. The van der Waals surface area contributed by atoms with E-state index < -0.39 is 36.0 Å². The summed E-state index contributed by atoms with van der Waals surface area (Å²) in [6.45, 7) is 9.17. The molecule has 1 aliphatic rings. The lowest BCUT2D eigenvalue weighted by Gasteiger charge is -2.36. The third-order valence-electron chi connectivity index (χ3n) is 9.22. The first-order valence-corrected chi connectivity index (χ1v) is 16.7. The van der Waals surface area contributed by atoms with Gasteiger partial charge in [0.15, 0.2) is 6.61 Å². The number of ether oxygens (including phenoxy) is 1. The summed E-state index contributed by atoms with van der Waals surface area (Å²) in [7, 11) is 3.25. The lowest BCUT2D eigenvalue weighted by Crippen LogP contribution is -2.42. The number of amides is 2. The smallest absolute Gasteiger partial charge is 0.257 e. The molecule has 0 spiro atoms. The predicted octanol–water partition coefficient (Wildman–Crippen LogP) is 6.88. The van der Waals surface area contributed by atoms with Crippen molar-refractivity contribution in [1.82, 2.24) is 34.8 Å². The van der Waals surface area contributed by atoms with Gasteiger partial charge in [-0.3, -0.25) is 19.0 Å². The fourth-order valence-corrected chi connectivity index (χ4v) is 7.51. The van der Waals surface area contributed by atoms with Gasteiger partial charge in [-0.1, -0.05) is 18.7 Å². The highest BCUT2D eigenvalue weighted by atomic mass is 32.1. The second-order valence-electron chi connectivity index (χ2n) is 12.3. The Morgan fingerprint density at radius 3 is 2.60 bits per heavy atom. The van der Waals surface area contributed by atoms with E-state index >= 15 is 8.78 Å². The monoisotopic (exact) mass is 699 g/mol. The zero-order valence-corrected chi connectivity index (χ0v) is 28.7. The third-order valence-corrected chi connectivity index (χ3v) is 10.2. The molecule has 0 aliphatic carbocycles. The summed E-state index contributed by atoms with van der Waals surface area (Å²) in [5.74, 6) is -3.74. The molecule has 2 amide bonds. The zero-order valence-electron chi connectivity index (χ0n) is 27.8. The lowest BCUT2D eigenvalue weighted by molar-refractivity contribution is -0.129. The number of carbonyl (C=O) groups is 2. The van der Waals surface area contributed by atoms with Crippen LogP contribution in [0.5, 0.6) is 5.75 Å².